The van der Waals surface area contributed by atoms with E-state index in [0.29, 0.717) is 34.6 Å². The van der Waals surface area contributed by atoms with E-state index in [1.165, 1.54) is 23.5 Å². The Kier molecular flexibility index (Phi) is 6.75. The third-order valence-corrected chi connectivity index (χ3v) is 8.34. The van der Waals surface area contributed by atoms with Crippen molar-refractivity contribution in [1.82, 2.24) is 4.98 Å². The second-order valence-corrected chi connectivity index (χ2v) is 11.3. The van der Waals surface area contributed by atoms with Crippen LogP contribution < -0.4 is 9.62 Å². The van der Waals surface area contributed by atoms with Crippen LogP contribution in [0.25, 0.3) is 10.2 Å². The summed E-state index contributed by atoms with van der Waals surface area (Å²) in [5.41, 5.74) is 1.55. The minimum absolute atomic E-state index is 0.0634. The Labute approximate surface area is 212 Å². The lowest BCUT2D eigenvalue weighted by molar-refractivity contribution is 0.0917. The van der Waals surface area contributed by atoms with Gasteiger partial charge in [0.15, 0.2) is 5.13 Å². The van der Waals surface area contributed by atoms with Crippen molar-refractivity contribution in [3.63, 3.8) is 0 Å². The van der Waals surface area contributed by atoms with E-state index in [4.69, 9.17) is 16.3 Å². The van der Waals surface area contributed by atoms with Crippen LogP contribution in [0.1, 0.15) is 23.2 Å². The molecule has 1 aliphatic heterocycles. The smallest absolute Gasteiger partial charge is 0.261 e. The van der Waals surface area contributed by atoms with E-state index < -0.39 is 10.0 Å². The largest absolute Gasteiger partial charge is 0.376 e. The van der Waals surface area contributed by atoms with Crippen LogP contribution in [0, 0.1) is 0 Å². The Morgan fingerprint density at radius 1 is 1.11 bits per heavy atom. The zero-order chi connectivity index (χ0) is 24.4. The number of halogens is 1. The lowest BCUT2D eigenvalue weighted by atomic mass is 10.1. The first-order valence-corrected chi connectivity index (χ1v) is 13.7. The summed E-state index contributed by atoms with van der Waals surface area (Å²) in [6.07, 6.45) is 1.77. The number of ether oxygens (including phenoxy) is 1. The molecular weight excluding hydrogens is 506 g/mol. The first kappa shape index (κ1) is 23.7. The minimum atomic E-state index is -3.72. The van der Waals surface area contributed by atoms with Crippen molar-refractivity contribution < 1.29 is 17.9 Å². The van der Waals surface area contributed by atoms with Gasteiger partial charge in [-0.1, -0.05) is 41.1 Å². The van der Waals surface area contributed by atoms with Crippen LogP contribution in [0.3, 0.4) is 0 Å². The summed E-state index contributed by atoms with van der Waals surface area (Å²) in [6, 6.07) is 19.9. The van der Waals surface area contributed by atoms with Gasteiger partial charge in [-0.15, -0.1) is 0 Å². The summed E-state index contributed by atoms with van der Waals surface area (Å²) < 4.78 is 34.4. The molecule has 7 nitrogen and oxygen atoms in total. The molecular formula is C25H22ClN3O4S2. The lowest BCUT2D eigenvalue weighted by Crippen LogP contribution is -2.37. The minimum Gasteiger partial charge on any atom is -0.376 e. The van der Waals surface area contributed by atoms with Gasteiger partial charge in [-0.05, 0) is 67.4 Å². The molecule has 5 rings (SSSR count). The van der Waals surface area contributed by atoms with Crippen molar-refractivity contribution in [2.24, 2.45) is 0 Å². The SMILES string of the molecule is O=C(c1ccc(NS(=O)(=O)c2ccccc2)cc1)N(CC1CCCO1)c1nc2ccc(Cl)cc2s1. The maximum Gasteiger partial charge on any atom is 0.261 e. The number of carbonyl (C=O) groups is 1. The average Bonchev–Trinajstić information content (AvgIpc) is 3.52. The number of amides is 1. The van der Waals surface area contributed by atoms with Crippen LogP contribution in [0.2, 0.25) is 5.02 Å². The molecule has 1 N–H and O–H groups in total. The summed E-state index contributed by atoms with van der Waals surface area (Å²) in [6.45, 7) is 1.06. The van der Waals surface area contributed by atoms with Gasteiger partial charge in [-0.25, -0.2) is 13.4 Å². The molecule has 1 amide bonds. The van der Waals surface area contributed by atoms with Gasteiger partial charge in [0.25, 0.3) is 15.9 Å². The molecule has 10 heteroatoms. The van der Waals surface area contributed by atoms with Crippen LogP contribution in [-0.4, -0.2) is 38.6 Å². The highest BCUT2D eigenvalue weighted by Crippen LogP contribution is 2.32. The van der Waals surface area contributed by atoms with Gasteiger partial charge in [-0.2, -0.15) is 0 Å². The van der Waals surface area contributed by atoms with Crippen molar-refractivity contribution in [1.29, 1.82) is 0 Å². The predicted octanol–water partition coefficient (Wildman–Crippen LogP) is 5.58. The molecule has 1 saturated heterocycles. The number of hydrogen-bond donors (Lipinski definition) is 1. The summed E-state index contributed by atoms with van der Waals surface area (Å²) in [5, 5.41) is 1.18. The first-order valence-electron chi connectivity index (χ1n) is 11.1. The molecule has 1 aromatic heterocycles. The van der Waals surface area contributed by atoms with Crippen molar-refractivity contribution in [2.45, 2.75) is 23.8 Å². The molecule has 0 saturated carbocycles. The predicted molar refractivity (Wildman–Crippen MR) is 139 cm³/mol. The van der Waals surface area contributed by atoms with E-state index in [-0.39, 0.29) is 16.9 Å². The highest BCUT2D eigenvalue weighted by molar-refractivity contribution is 7.92. The molecule has 3 aromatic carbocycles. The maximum absolute atomic E-state index is 13.6. The van der Waals surface area contributed by atoms with E-state index in [0.717, 1.165) is 23.1 Å². The number of hydrogen-bond acceptors (Lipinski definition) is 6. The van der Waals surface area contributed by atoms with Crippen molar-refractivity contribution in [2.75, 3.05) is 22.8 Å². The quantitative estimate of drug-likeness (QED) is 0.339. The Balaban J connectivity index is 1.40. The van der Waals surface area contributed by atoms with Gasteiger partial charge in [0.1, 0.15) is 0 Å². The fourth-order valence-electron chi connectivity index (χ4n) is 3.89. The average molecular weight is 528 g/mol. The molecule has 0 aliphatic carbocycles. The zero-order valence-electron chi connectivity index (χ0n) is 18.6. The molecule has 35 heavy (non-hydrogen) atoms. The van der Waals surface area contributed by atoms with Gasteiger partial charge < -0.3 is 4.74 Å². The van der Waals surface area contributed by atoms with Crippen LogP contribution in [0.15, 0.2) is 77.7 Å². The monoisotopic (exact) mass is 527 g/mol. The molecule has 1 aliphatic rings. The number of nitrogens with one attached hydrogen (secondary N) is 1. The molecule has 0 bridgehead atoms. The number of anilines is 2. The second kappa shape index (κ2) is 9.94. The van der Waals surface area contributed by atoms with Gasteiger partial charge in [0, 0.05) is 22.9 Å². The number of nitrogens with zero attached hydrogens (tertiary/aromatic N) is 2. The van der Waals surface area contributed by atoms with Crippen LogP contribution in [0.5, 0.6) is 0 Å². The van der Waals surface area contributed by atoms with E-state index in [2.05, 4.69) is 9.71 Å². The van der Waals surface area contributed by atoms with Gasteiger partial charge in [-0.3, -0.25) is 14.4 Å². The summed E-state index contributed by atoms with van der Waals surface area (Å²) in [5.74, 6) is -0.233. The van der Waals surface area contributed by atoms with Crippen molar-refractivity contribution >= 4 is 59.9 Å². The number of sulfonamides is 1. The Morgan fingerprint density at radius 3 is 2.60 bits per heavy atom. The molecule has 1 atom stereocenters. The Hall–Kier alpha value is -2.98. The van der Waals surface area contributed by atoms with Gasteiger partial charge in [0.05, 0.1) is 27.8 Å². The summed E-state index contributed by atoms with van der Waals surface area (Å²) in [7, 11) is -3.72. The molecule has 4 aromatic rings. The van der Waals surface area contributed by atoms with Gasteiger partial charge in [0.2, 0.25) is 0 Å². The summed E-state index contributed by atoms with van der Waals surface area (Å²) in [4.78, 5) is 20.0. The number of carbonyl (C=O) groups excluding carboxylic acids is 1. The number of thiazole rings is 1. The van der Waals surface area contributed by atoms with E-state index >= 15 is 0 Å². The highest BCUT2D eigenvalue weighted by Gasteiger charge is 2.27. The van der Waals surface area contributed by atoms with Crippen molar-refractivity contribution in [3.8, 4) is 0 Å². The molecule has 0 radical (unpaired) electrons. The van der Waals surface area contributed by atoms with Crippen LogP contribution in [-0.2, 0) is 14.8 Å². The standard InChI is InChI=1S/C25H22ClN3O4S2/c26-18-10-13-22-23(15-18)34-25(27-22)29(16-20-5-4-14-33-20)24(30)17-8-11-19(12-9-17)28-35(31,32)21-6-2-1-3-7-21/h1-3,6-13,15,20,28H,4-5,14,16H2. The van der Waals surface area contributed by atoms with Crippen molar-refractivity contribution in [3.05, 3.63) is 83.4 Å². The number of aromatic nitrogens is 1. The molecule has 180 valence electrons. The number of rotatable bonds is 7. The van der Waals surface area contributed by atoms with E-state index in [9.17, 15) is 13.2 Å². The van der Waals surface area contributed by atoms with Gasteiger partial charge >= 0.3 is 0 Å². The second-order valence-electron chi connectivity index (χ2n) is 8.16. The fraction of sp³-hybridized carbons (Fsp3) is 0.200. The maximum atomic E-state index is 13.6. The topological polar surface area (TPSA) is 88.6 Å². The molecule has 0 spiro atoms. The van der Waals surface area contributed by atoms with E-state index in [1.54, 1.807) is 53.4 Å². The van der Waals surface area contributed by atoms with Crippen LogP contribution in [0.4, 0.5) is 10.8 Å². The first-order chi connectivity index (χ1) is 16.9. The molecule has 1 fully saturated rings. The highest BCUT2D eigenvalue weighted by atomic mass is 35.5. The molecule has 2 heterocycles. The lowest BCUT2D eigenvalue weighted by Gasteiger charge is -2.23. The number of benzene rings is 3. The molecule has 1 unspecified atom stereocenters. The zero-order valence-corrected chi connectivity index (χ0v) is 20.9. The summed E-state index contributed by atoms with van der Waals surface area (Å²) >= 11 is 7.53. The normalized spacial score (nSPS) is 15.9. The number of fused-ring (bicyclic) bond motifs is 1. The van der Waals surface area contributed by atoms with E-state index in [1.807, 2.05) is 12.1 Å². The third kappa shape index (κ3) is 5.33. The fourth-order valence-corrected chi connectivity index (χ4v) is 6.22. The Bertz CT molecular complexity index is 1450. The van der Waals surface area contributed by atoms with Crippen LogP contribution >= 0.6 is 22.9 Å². The Morgan fingerprint density at radius 2 is 1.89 bits per heavy atom. The third-order valence-electron chi connectivity index (χ3n) is 5.66.